The second-order valence-electron chi connectivity index (χ2n) is 3.97. The first kappa shape index (κ1) is 19.6. The van der Waals surface area contributed by atoms with Crippen molar-refractivity contribution in [2.75, 3.05) is 59.3 Å². The molecule has 0 atom stereocenters. The van der Waals surface area contributed by atoms with Crippen molar-refractivity contribution < 1.29 is 28.5 Å². The van der Waals surface area contributed by atoms with Crippen LogP contribution in [0.3, 0.4) is 0 Å². The summed E-state index contributed by atoms with van der Waals surface area (Å²) in [6.45, 7) is 7.24. The van der Waals surface area contributed by atoms with E-state index in [0.29, 0.717) is 59.3 Å². The zero-order valence-corrected chi connectivity index (χ0v) is 12.8. The van der Waals surface area contributed by atoms with Crippen LogP contribution in [0.2, 0.25) is 0 Å². The van der Waals surface area contributed by atoms with Gasteiger partial charge in [0.25, 0.3) is 0 Å². The normalized spacial score (nSPS) is 10.2. The summed E-state index contributed by atoms with van der Waals surface area (Å²) in [5, 5.41) is 5.17. The standard InChI is InChI=1S/C13H26N2O6/c1-3-21-13(17)15-5-7-19-9-11-20-10-8-18-6-4-14-12(2)16/h3-11H2,1-2H3,(H,14,16)(H,15,17). The highest BCUT2D eigenvalue weighted by atomic mass is 16.6. The van der Waals surface area contributed by atoms with Gasteiger partial charge < -0.3 is 29.6 Å². The number of ether oxygens (including phenoxy) is 4. The minimum atomic E-state index is -0.436. The van der Waals surface area contributed by atoms with E-state index in [1.807, 2.05) is 0 Å². The monoisotopic (exact) mass is 306 g/mol. The molecular formula is C13H26N2O6. The van der Waals surface area contributed by atoms with Crippen LogP contribution in [0.1, 0.15) is 13.8 Å². The van der Waals surface area contributed by atoms with E-state index in [9.17, 15) is 9.59 Å². The SMILES string of the molecule is CCOC(=O)NCCOCCOCCOCCNC(C)=O. The molecule has 8 nitrogen and oxygen atoms in total. The Balaban J connectivity index is 3.06. The van der Waals surface area contributed by atoms with Crippen molar-refractivity contribution in [1.29, 1.82) is 0 Å². The molecule has 0 fully saturated rings. The molecule has 0 aliphatic rings. The summed E-state index contributed by atoms with van der Waals surface area (Å²) in [5.74, 6) is -0.0653. The number of rotatable bonds is 13. The van der Waals surface area contributed by atoms with Crippen LogP contribution in [0, 0.1) is 0 Å². The Labute approximate surface area is 125 Å². The van der Waals surface area contributed by atoms with Crippen LogP contribution in [0.25, 0.3) is 0 Å². The Bertz CT molecular complexity index is 275. The van der Waals surface area contributed by atoms with Gasteiger partial charge in [-0.3, -0.25) is 4.79 Å². The van der Waals surface area contributed by atoms with Gasteiger partial charge in [0.15, 0.2) is 0 Å². The maximum Gasteiger partial charge on any atom is 0.407 e. The smallest absolute Gasteiger partial charge is 0.407 e. The Hall–Kier alpha value is -1.38. The van der Waals surface area contributed by atoms with Gasteiger partial charge in [-0.05, 0) is 6.92 Å². The van der Waals surface area contributed by atoms with Gasteiger partial charge in [0.1, 0.15) is 0 Å². The fourth-order valence-electron chi connectivity index (χ4n) is 1.25. The van der Waals surface area contributed by atoms with E-state index < -0.39 is 6.09 Å². The van der Waals surface area contributed by atoms with Crippen molar-refractivity contribution in [3.05, 3.63) is 0 Å². The average molecular weight is 306 g/mol. The van der Waals surface area contributed by atoms with Crippen LogP contribution < -0.4 is 10.6 Å². The topological polar surface area (TPSA) is 95.1 Å². The van der Waals surface area contributed by atoms with Crippen LogP contribution in [-0.2, 0) is 23.7 Å². The van der Waals surface area contributed by atoms with E-state index in [0.717, 1.165) is 0 Å². The van der Waals surface area contributed by atoms with Crippen molar-refractivity contribution >= 4 is 12.0 Å². The van der Waals surface area contributed by atoms with Gasteiger partial charge in [0, 0.05) is 20.0 Å². The summed E-state index contributed by atoms with van der Waals surface area (Å²) in [6.07, 6.45) is -0.436. The summed E-state index contributed by atoms with van der Waals surface area (Å²) in [7, 11) is 0. The molecule has 2 N–H and O–H groups in total. The Kier molecular flexibility index (Phi) is 14.0. The lowest BCUT2D eigenvalue weighted by atomic mass is 10.6. The lowest BCUT2D eigenvalue weighted by Gasteiger charge is -2.08. The third kappa shape index (κ3) is 16.6. The van der Waals surface area contributed by atoms with Crippen molar-refractivity contribution in [2.45, 2.75) is 13.8 Å². The molecule has 0 aliphatic carbocycles. The Morgan fingerprint density at radius 3 is 1.76 bits per heavy atom. The molecule has 0 aliphatic heterocycles. The van der Waals surface area contributed by atoms with Gasteiger partial charge in [-0.25, -0.2) is 4.79 Å². The lowest BCUT2D eigenvalue weighted by Crippen LogP contribution is -2.28. The first-order chi connectivity index (χ1) is 10.2. The molecule has 8 heteroatoms. The molecule has 0 aromatic rings. The summed E-state index contributed by atoms with van der Waals surface area (Å²) in [5.41, 5.74) is 0. The summed E-state index contributed by atoms with van der Waals surface area (Å²) in [4.78, 5) is 21.5. The van der Waals surface area contributed by atoms with Gasteiger partial charge in [-0.2, -0.15) is 0 Å². The van der Waals surface area contributed by atoms with E-state index in [4.69, 9.17) is 14.2 Å². The van der Waals surface area contributed by atoms with Crippen LogP contribution >= 0.6 is 0 Å². The van der Waals surface area contributed by atoms with Gasteiger partial charge in [0.05, 0.1) is 46.2 Å². The summed E-state index contributed by atoms with van der Waals surface area (Å²) >= 11 is 0. The van der Waals surface area contributed by atoms with Crippen molar-refractivity contribution in [1.82, 2.24) is 10.6 Å². The van der Waals surface area contributed by atoms with E-state index >= 15 is 0 Å². The highest BCUT2D eigenvalue weighted by Crippen LogP contribution is 1.82. The Morgan fingerprint density at radius 2 is 1.29 bits per heavy atom. The van der Waals surface area contributed by atoms with E-state index in [2.05, 4.69) is 15.4 Å². The van der Waals surface area contributed by atoms with Crippen molar-refractivity contribution in [2.24, 2.45) is 0 Å². The molecule has 0 rings (SSSR count). The molecule has 0 saturated heterocycles. The van der Waals surface area contributed by atoms with Gasteiger partial charge in [-0.1, -0.05) is 0 Å². The molecular weight excluding hydrogens is 280 g/mol. The zero-order valence-electron chi connectivity index (χ0n) is 12.8. The third-order valence-corrected chi connectivity index (χ3v) is 2.16. The molecule has 0 unspecified atom stereocenters. The Morgan fingerprint density at radius 1 is 0.810 bits per heavy atom. The number of hydrogen-bond donors (Lipinski definition) is 2. The maximum absolute atomic E-state index is 10.9. The van der Waals surface area contributed by atoms with Gasteiger partial charge in [0.2, 0.25) is 5.91 Å². The summed E-state index contributed by atoms with van der Waals surface area (Å²) in [6, 6.07) is 0. The van der Waals surface area contributed by atoms with Crippen LogP contribution in [-0.4, -0.2) is 71.3 Å². The maximum atomic E-state index is 10.9. The minimum absolute atomic E-state index is 0.0653. The zero-order chi connectivity index (χ0) is 15.8. The third-order valence-electron chi connectivity index (χ3n) is 2.16. The molecule has 124 valence electrons. The minimum Gasteiger partial charge on any atom is -0.450 e. The number of alkyl carbamates (subject to hydrolysis) is 1. The highest BCUT2D eigenvalue weighted by Gasteiger charge is 1.98. The molecule has 2 amide bonds. The lowest BCUT2D eigenvalue weighted by molar-refractivity contribution is -0.119. The number of hydrogen-bond acceptors (Lipinski definition) is 6. The first-order valence-corrected chi connectivity index (χ1v) is 7.05. The molecule has 0 aromatic heterocycles. The largest absolute Gasteiger partial charge is 0.450 e. The van der Waals surface area contributed by atoms with Crippen molar-refractivity contribution in [3.63, 3.8) is 0 Å². The fourth-order valence-corrected chi connectivity index (χ4v) is 1.25. The fraction of sp³-hybridized carbons (Fsp3) is 0.846. The average Bonchev–Trinajstić information content (AvgIpc) is 2.44. The highest BCUT2D eigenvalue weighted by molar-refractivity contribution is 5.72. The van der Waals surface area contributed by atoms with Crippen LogP contribution in [0.15, 0.2) is 0 Å². The molecule has 0 spiro atoms. The van der Waals surface area contributed by atoms with Gasteiger partial charge >= 0.3 is 6.09 Å². The number of carbonyl (C=O) groups excluding carboxylic acids is 2. The number of carbonyl (C=O) groups is 2. The molecule has 0 radical (unpaired) electrons. The van der Waals surface area contributed by atoms with E-state index in [1.165, 1.54) is 6.92 Å². The van der Waals surface area contributed by atoms with Crippen LogP contribution in [0.4, 0.5) is 4.79 Å². The molecule has 0 bridgehead atoms. The number of nitrogens with one attached hydrogen (secondary N) is 2. The summed E-state index contributed by atoms with van der Waals surface area (Å²) < 4.78 is 20.5. The predicted molar refractivity (Wildman–Crippen MR) is 76.2 cm³/mol. The molecule has 0 saturated carbocycles. The van der Waals surface area contributed by atoms with Crippen molar-refractivity contribution in [3.8, 4) is 0 Å². The molecule has 21 heavy (non-hydrogen) atoms. The molecule has 0 heterocycles. The van der Waals surface area contributed by atoms with E-state index in [1.54, 1.807) is 6.92 Å². The second kappa shape index (κ2) is 15.0. The van der Waals surface area contributed by atoms with Gasteiger partial charge in [-0.15, -0.1) is 0 Å². The molecule has 0 aromatic carbocycles. The number of amides is 2. The quantitative estimate of drug-likeness (QED) is 0.462. The second-order valence-corrected chi connectivity index (χ2v) is 3.97. The predicted octanol–water partition coefficient (Wildman–Crippen LogP) is -0.0816. The first-order valence-electron chi connectivity index (χ1n) is 7.05. The van der Waals surface area contributed by atoms with Crippen LogP contribution in [0.5, 0.6) is 0 Å². The van der Waals surface area contributed by atoms with E-state index in [-0.39, 0.29) is 5.91 Å².